The van der Waals surface area contributed by atoms with Gasteiger partial charge in [-0.15, -0.1) is 0 Å². The molecule has 0 radical (unpaired) electrons. The molecule has 1 fully saturated rings. The highest BCUT2D eigenvalue weighted by atomic mass is 19.1. The average Bonchev–Trinajstić information content (AvgIpc) is 2.86. The minimum Gasteiger partial charge on any atom is -0.392 e. The Hall–Kier alpha value is -1.62. The maximum Gasteiger partial charge on any atom is 0.147 e. The third-order valence-corrected chi connectivity index (χ3v) is 3.56. The summed E-state index contributed by atoms with van der Waals surface area (Å²) in [4.78, 5) is 7.23. The summed E-state index contributed by atoms with van der Waals surface area (Å²) < 4.78 is 14.2. The van der Waals surface area contributed by atoms with E-state index in [4.69, 9.17) is 4.84 Å². The third kappa shape index (κ3) is 2.56. The second-order valence-corrected chi connectivity index (χ2v) is 5.06. The van der Waals surface area contributed by atoms with Crippen LogP contribution in [0.4, 0.5) is 10.1 Å². The number of benzene rings is 1. The molecule has 0 aliphatic carbocycles. The first-order valence-electron chi connectivity index (χ1n) is 6.72. The Bertz CT molecular complexity index is 497. The lowest BCUT2D eigenvalue weighted by molar-refractivity contribution is 0.0995. The van der Waals surface area contributed by atoms with E-state index in [9.17, 15) is 4.39 Å². The summed E-state index contributed by atoms with van der Waals surface area (Å²) in [6.45, 7) is 5.45. The maximum absolute atomic E-state index is 14.2. The van der Waals surface area contributed by atoms with Crippen LogP contribution in [0, 0.1) is 5.82 Å². The Balaban J connectivity index is 1.81. The van der Waals surface area contributed by atoms with Crippen molar-refractivity contribution >= 4 is 11.4 Å². The number of anilines is 1. The van der Waals surface area contributed by atoms with E-state index in [1.54, 1.807) is 6.07 Å². The Morgan fingerprint density at radius 1 is 1.37 bits per heavy atom. The first-order valence-corrected chi connectivity index (χ1v) is 6.72. The molecule has 1 N–H and O–H groups in total. The molecule has 0 spiro atoms. The molecule has 2 aliphatic rings. The highest BCUT2D eigenvalue weighted by molar-refractivity contribution is 6.01. The normalized spacial score (nSPS) is 23.2. The lowest BCUT2D eigenvalue weighted by Crippen LogP contribution is -2.43. The molecule has 1 unspecified atom stereocenters. The number of nitrogens with zero attached hydrogens (tertiary/aromatic N) is 2. The molecule has 0 bridgehead atoms. The Morgan fingerprint density at radius 3 is 2.79 bits per heavy atom. The lowest BCUT2D eigenvalue weighted by atomic mass is 10.0. The molecule has 3 rings (SSSR count). The van der Waals surface area contributed by atoms with Crippen molar-refractivity contribution in [2.24, 2.45) is 5.16 Å². The third-order valence-electron chi connectivity index (χ3n) is 3.56. The van der Waals surface area contributed by atoms with Crippen LogP contribution in [-0.4, -0.2) is 38.0 Å². The SMILES string of the molecule is CC1CC(c2ccc(N3CCNCC3)c(F)c2)=NO1. The molecule has 5 heteroatoms. The van der Waals surface area contributed by atoms with Crippen molar-refractivity contribution in [2.45, 2.75) is 19.4 Å². The van der Waals surface area contributed by atoms with Gasteiger partial charge in [-0.3, -0.25) is 0 Å². The summed E-state index contributed by atoms with van der Waals surface area (Å²) >= 11 is 0. The van der Waals surface area contributed by atoms with Gasteiger partial charge in [-0.25, -0.2) is 4.39 Å². The zero-order chi connectivity index (χ0) is 13.2. The van der Waals surface area contributed by atoms with E-state index in [0.29, 0.717) is 5.69 Å². The van der Waals surface area contributed by atoms with Crippen LogP contribution in [0.5, 0.6) is 0 Å². The standard InChI is InChI=1S/C14H18FN3O/c1-10-8-13(17-19-10)11-2-3-14(12(15)9-11)18-6-4-16-5-7-18/h2-3,9-10,16H,4-8H2,1H3. The van der Waals surface area contributed by atoms with Gasteiger partial charge >= 0.3 is 0 Å². The Kier molecular flexibility index (Phi) is 3.38. The highest BCUT2D eigenvalue weighted by Crippen LogP contribution is 2.24. The van der Waals surface area contributed by atoms with Gasteiger partial charge in [-0.2, -0.15) is 0 Å². The van der Waals surface area contributed by atoms with Crippen molar-refractivity contribution in [1.82, 2.24) is 5.32 Å². The van der Waals surface area contributed by atoms with E-state index < -0.39 is 0 Å². The van der Waals surface area contributed by atoms with Crippen molar-refractivity contribution in [2.75, 3.05) is 31.1 Å². The minimum atomic E-state index is -0.179. The molecule has 0 saturated carbocycles. The van der Waals surface area contributed by atoms with Crippen molar-refractivity contribution < 1.29 is 9.23 Å². The largest absolute Gasteiger partial charge is 0.392 e. The summed E-state index contributed by atoms with van der Waals surface area (Å²) in [6.07, 6.45) is 0.831. The summed E-state index contributed by atoms with van der Waals surface area (Å²) in [5.41, 5.74) is 2.33. The van der Waals surface area contributed by atoms with Gasteiger partial charge in [0, 0.05) is 38.2 Å². The first-order chi connectivity index (χ1) is 9.24. The molecule has 19 heavy (non-hydrogen) atoms. The van der Waals surface area contributed by atoms with Crippen molar-refractivity contribution in [1.29, 1.82) is 0 Å². The van der Waals surface area contributed by atoms with E-state index in [2.05, 4.69) is 15.4 Å². The molecule has 1 atom stereocenters. The molecular weight excluding hydrogens is 245 g/mol. The topological polar surface area (TPSA) is 36.9 Å². The van der Waals surface area contributed by atoms with E-state index in [0.717, 1.165) is 43.9 Å². The molecule has 102 valence electrons. The number of hydrogen-bond acceptors (Lipinski definition) is 4. The fourth-order valence-electron chi connectivity index (χ4n) is 2.52. The van der Waals surface area contributed by atoms with Crippen molar-refractivity contribution in [3.05, 3.63) is 29.6 Å². The van der Waals surface area contributed by atoms with Crippen LogP contribution in [0.15, 0.2) is 23.4 Å². The number of rotatable bonds is 2. The van der Waals surface area contributed by atoms with Crippen molar-refractivity contribution in [3.8, 4) is 0 Å². The maximum atomic E-state index is 14.2. The number of piperazine rings is 1. The molecule has 1 aromatic rings. The van der Waals surface area contributed by atoms with Gasteiger partial charge in [0.05, 0.1) is 11.4 Å². The molecule has 4 nitrogen and oxygen atoms in total. The van der Waals surface area contributed by atoms with E-state index in [-0.39, 0.29) is 11.9 Å². The van der Waals surface area contributed by atoms with Gasteiger partial charge in [-0.05, 0) is 19.1 Å². The predicted octanol–water partition coefficient (Wildman–Crippen LogP) is 1.75. The van der Waals surface area contributed by atoms with E-state index in [1.165, 1.54) is 0 Å². The fraction of sp³-hybridized carbons (Fsp3) is 0.500. The first kappa shape index (κ1) is 12.4. The monoisotopic (exact) mass is 263 g/mol. The van der Waals surface area contributed by atoms with Gasteiger partial charge in [0.2, 0.25) is 0 Å². The quantitative estimate of drug-likeness (QED) is 0.883. The van der Waals surface area contributed by atoms with Crippen LogP contribution < -0.4 is 10.2 Å². The second kappa shape index (κ2) is 5.17. The molecule has 1 aromatic carbocycles. The number of halogens is 1. The van der Waals surface area contributed by atoms with Crippen LogP contribution in [0.3, 0.4) is 0 Å². The second-order valence-electron chi connectivity index (χ2n) is 5.06. The number of oxime groups is 1. The summed E-state index contributed by atoms with van der Waals surface area (Å²) in [6, 6.07) is 5.35. The zero-order valence-corrected chi connectivity index (χ0v) is 11.0. The van der Waals surface area contributed by atoms with Crippen LogP contribution in [0.1, 0.15) is 18.9 Å². The summed E-state index contributed by atoms with van der Waals surface area (Å²) in [5, 5.41) is 7.26. The van der Waals surface area contributed by atoms with Gasteiger partial charge in [-0.1, -0.05) is 11.2 Å². The van der Waals surface area contributed by atoms with Crippen LogP contribution in [-0.2, 0) is 4.84 Å². The Morgan fingerprint density at radius 2 is 2.16 bits per heavy atom. The average molecular weight is 263 g/mol. The zero-order valence-electron chi connectivity index (χ0n) is 11.0. The van der Waals surface area contributed by atoms with Gasteiger partial charge < -0.3 is 15.1 Å². The molecule has 2 aliphatic heterocycles. The molecule has 0 aromatic heterocycles. The predicted molar refractivity (Wildman–Crippen MR) is 73.2 cm³/mol. The van der Waals surface area contributed by atoms with Crippen molar-refractivity contribution in [3.63, 3.8) is 0 Å². The molecule has 1 saturated heterocycles. The summed E-state index contributed by atoms with van der Waals surface area (Å²) in [5.74, 6) is -0.179. The minimum absolute atomic E-state index is 0.0888. The van der Waals surface area contributed by atoms with Crippen LogP contribution >= 0.6 is 0 Å². The van der Waals surface area contributed by atoms with Gasteiger partial charge in [0.25, 0.3) is 0 Å². The number of nitrogens with one attached hydrogen (secondary N) is 1. The summed E-state index contributed by atoms with van der Waals surface area (Å²) in [7, 11) is 0. The van der Waals surface area contributed by atoms with Gasteiger partial charge in [0.15, 0.2) is 0 Å². The smallest absolute Gasteiger partial charge is 0.147 e. The lowest BCUT2D eigenvalue weighted by Gasteiger charge is -2.29. The molecule has 2 heterocycles. The highest BCUT2D eigenvalue weighted by Gasteiger charge is 2.20. The molecule has 0 amide bonds. The molecular formula is C14H18FN3O. The van der Waals surface area contributed by atoms with E-state index >= 15 is 0 Å². The fourth-order valence-corrected chi connectivity index (χ4v) is 2.52. The van der Waals surface area contributed by atoms with Crippen LogP contribution in [0.25, 0.3) is 0 Å². The number of hydrogen-bond donors (Lipinski definition) is 1. The van der Waals surface area contributed by atoms with E-state index in [1.807, 2.05) is 19.1 Å². The Labute approximate surface area is 112 Å². The van der Waals surface area contributed by atoms with Crippen LogP contribution in [0.2, 0.25) is 0 Å². The van der Waals surface area contributed by atoms with Gasteiger partial charge in [0.1, 0.15) is 11.9 Å².